The van der Waals surface area contributed by atoms with Crippen LogP contribution in [0.15, 0.2) is 0 Å². The van der Waals surface area contributed by atoms with E-state index in [2.05, 4.69) is 0 Å². The van der Waals surface area contributed by atoms with Crippen molar-refractivity contribution in [2.45, 2.75) is 0 Å². The molecular formula is C3H9O2PS. The van der Waals surface area contributed by atoms with Crippen LogP contribution in [-0.2, 0) is 9.05 Å². The summed E-state index contributed by atoms with van der Waals surface area (Å²) in [5.41, 5.74) is 0. The van der Waals surface area contributed by atoms with Crippen molar-refractivity contribution in [3.63, 3.8) is 0 Å². The summed E-state index contributed by atoms with van der Waals surface area (Å²) in [5, 5.41) is 0. The molecule has 0 spiro atoms. The predicted molar refractivity (Wildman–Crippen MR) is 34.5 cm³/mol. The van der Waals surface area contributed by atoms with E-state index in [0.29, 0.717) is 0 Å². The molecule has 0 aliphatic carbocycles. The van der Waals surface area contributed by atoms with E-state index < -0.39 is 7.58 Å². The monoisotopic (exact) mass is 140 g/mol. The van der Waals surface area contributed by atoms with Gasteiger partial charge in [-0.15, -0.1) is 0 Å². The maximum atomic E-state index is 4.85. The average Bonchev–Trinajstić information content (AvgIpc) is 1.72. The second kappa shape index (κ2) is 4.85. The molecule has 0 N–H and O–H groups in total. The molecule has 0 aliphatic rings. The second-order valence-corrected chi connectivity index (χ2v) is 4.30. The first-order valence-corrected chi connectivity index (χ1v) is 4.78. The first-order chi connectivity index (χ1) is 3.35. The zero-order chi connectivity index (χ0) is 5.70. The van der Waals surface area contributed by atoms with Crippen LogP contribution < -0.4 is 0 Å². The first kappa shape index (κ1) is 7.70. The molecule has 44 valence electrons. The molecule has 0 bridgehead atoms. The van der Waals surface area contributed by atoms with E-state index in [9.17, 15) is 0 Å². The standard InChI is InChI=1S/C3H9O2PS/c1-4-6(5-2)7-3/h1-3H3. The van der Waals surface area contributed by atoms with Crippen LogP contribution >= 0.6 is 19.0 Å². The molecule has 0 aromatic rings. The SMILES string of the molecule is COP(OC)SC. The lowest BCUT2D eigenvalue weighted by Gasteiger charge is -2.05. The maximum Gasteiger partial charge on any atom is 0.237 e. The Morgan fingerprint density at radius 2 is 1.71 bits per heavy atom. The number of rotatable bonds is 3. The van der Waals surface area contributed by atoms with Gasteiger partial charge in [-0.05, 0) is 6.26 Å². The summed E-state index contributed by atoms with van der Waals surface area (Å²) in [6.07, 6.45) is 1.96. The summed E-state index contributed by atoms with van der Waals surface area (Å²) in [7, 11) is 2.65. The van der Waals surface area contributed by atoms with Gasteiger partial charge in [0.2, 0.25) is 7.58 Å². The normalized spacial score (nSPS) is 10.3. The van der Waals surface area contributed by atoms with E-state index in [4.69, 9.17) is 9.05 Å². The molecule has 0 aromatic heterocycles. The van der Waals surface area contributed by atoms with Gasteiger partial charge in [0.1, 0.15) is 0 Å². The van der Waals surface area contributed by atoms with Crippen LogP contribution in [0.3, 0.4) is 0 Å². The van der Waals surface area contributed by atoms with E-state index in [1.165, 1.54) is 0 Å². The first-order valence-electron chi connectivity index (χ1n) is 1.77. The van der Waals surface area contributed by atoms with Crippen LogP contribution in [0.1, 0.15) is 0 Å². The van der Waals surface area contributed by atoms with Gasteiger partial charge in [0.15, 0.2) is 0 Å². The van der Waals surface area contributed by atoms with Crippen molar-refractivity contribution < 1.29 is 9.05 Å². The molecule has 0 amide bonds. The Morgan fingerprint density at radius 3 is 1.71 bits per heavy atom. The lowest BCUT2D eigenvalue weighted by atomic mass is 11.8. The molecule has 7 heavy (non-hydrogen) atoms. The topological polar surface area (TPSA) is 18.5 Å². The Kier molecular flexibility index (Phi) is 5.33. The third-order valence-electron chi connectivity index (χ3n) is 0.447. The van der Waals surface area contributed by atoms with Gasteiger partial charge in [-0.25, -0.2) is 0 Å². The van der Waals surface area contributed by atoms with Crippen molar-refractivity contribution in [1.29, 1.82) is 0 Å². The van der Waals surface area contributed by atoms with Crippen molar-refractivity contribution >= 4 is 19.0 Å². The molecule has 0 rings (SSSR count). The second-order valence-electron chi connectivity index (χ2n) is 0.771. The van der Waals surface area contributed by atoms with Gasteiger partial charge in [-0.3, -0.25) is 0 Å². The van der Waals surface area contributed by atoms with Gasteiger partial charge >= 0.3 is 0 Å². The lowest BCUT2D eigenvalue weighted by Crippen LogP contribution is -1.72. The number of hydrogen-bond donors (Lipinski definition) is 0. The molecule has 0 saturated heterocycles. The minimum atomic E-state index is -0.637. The van der Waals surface area contributed by atoms with Gasteiger partial charge < -0.3 is 9.05 Å². The van der Waals surface area contributed by atoms with Crippen LogP contribution in [0.4, 0.5) is 0 Å². The molecule has 0 fully saturated rings. The van der Waals surface area contributed by atoms with Crippen LogP contribution in [0.25, 0.3) is 0 Å². The van der Waals surface area contributed by atoms with Gasteiger partial charge in [-0.2, -0.15) is 0 Å². The summed E-state index contributed by atoms with van der Waals surface area (Å²) in [6, 6.07) is 0. The fourth-order valence-electron chi connectivity index (χ4n) is 0.224. The summed E-state index contributed by atoms with van der Waals surface area (Å²) in [6.45, 7) is 0. The molecule has 0 radical (unpaired) electrons. The molecule has 0 unspecified atom stereocenters. The third-order valence-corrected chi connectivity index (χ3v) is 3.13. The van der Waals surface area contributed by atoms with Crippen molar-refractivity contribution in [3.05, 3.63) is 0 Å². The van der Waals surface area contributed by atoms with E-state index in [-0.39, 0.29) is 0 Å². The highest BCUT2D eigenvalue weighted by molar-refractivity contribution is 8.52. The van der Waals surface area contributed by atoms with Gasteiger partial charge in [0.25, 0.3) is 0 Å². The molecule has 0 atom stereocenters. The lowest BCUT2D eigenvalue weighted by molar-refractivity contribution is 0.357. The molecule has 0 aliphatic heterocycles. The molecule has 0 saturated carbocycles. The van der Waals surface area contributed by atoms with Crippen LogP contribution in [0, 0.1) is 0 Å². The van der Waals surface area contributed by atoms with E-state index in [1.54, 1.807) is 25.6 Å². The van der Waals surface area contributed by atoms with E-state index >= 15 is 0 Å². The molecule has 2 nitrogen and oxygen atoms in total. The van der Waals surface area contributed by atoms with Crippen LogP contribution in [0.2, 0.25) is 0 Å². The van der Waals surface area contributed by atoms with Gasteiger partial charge in [-0.1, -0.05) is 11.4 Å². The fourth-order valence-corrected chi connectivity index (χ4v) is 1.57. The van der Waals surface area contributed by atoms with Crippen molar-refractivity contribution in [3.8, 4) is 0 Å². The quantitative estimate of drug-likeness (QED) is 0.557. The Balaban J connectivity index is 2.99. The van der Waals surface area contributed by atoms with Crippen molar-refractivity contribution in [2.24, 2.45) is 0 Å². The maximum absolute atomic E-state index is 4.85. The highest BCUT2D eigenvalue weighted by atomic mass is 32.7. The van der Waals surface area contributed by atoms with E-state index in [0.717, 1.165) is 0 Å². The Bertz CT molecular complexity index is 34.4. The Hall–Kier alpha value is 0.700. The van der Waals surface area contributed by atoms with Gasteiger partial charge in [0.05, 0.1) is 0 Å². The largest absolute Gasteiger partial charge is 0.329 e. The Labute approximate surface area is 49.2 Å². The van der Waals surface area contributed by atoms with Crippen molar-refractivity contribution in [2.75, 3.05) is 20.5 Å². The summed E-state index contributed by atoms with van der Waals surface area (Å²) in [4.78, 5) is 0. The summed E-state index contributed by atoms with van der Waals surface area (Å²) in [5.74, 6) is 0. The van der Waals surface area contributed by atoms with E-state index in [1.807, 2.05) is 6.26 Å². The minimum absolute atomic E-state index is 0.637. The predicted octanol–water partition coefficient (Wildman–Crippen LogP) is 1.87. The average molecular weight is 140 g/mol. The highest BCUT2D eigenvalue weighted by Crippen LogP contribution is 2.48. The molecule has 4 heteroatoms. The molecule has 0 heterocycles. The minimum Gasteiger partial charge on any atom is -0.329 e. The van der Waals surface area contributed by atoms with Crippen molar-refractivity contribution in [1.82, 2.24) is 0 Å². The highest BCUT2D eigenvalue weighted by Gasteiger charge is 1.99. The smallest absolute Gasteiger partial charge is 0.237 e. The number of hydrogen-bond acceptors (Lipinski definition) is 3. The van der Waals surface area contributed by atoms with Crippen LogP contribution in [0.5, 0.6) is 0 Å². The molecular weight excluding hydrogens is 131 g/mol. The molecule has 0 aromatic carbocycles. The fraction of sp³-hybridized carbons (Fsp3) is 1.00. The zero-order valence-corrected chi connectivity index (χ0v) is 6.38. The summed E-state index contributed by atoms with van der Waals surface area (Å²) >= 11 is 1.59. The third kappa shape index (κ3) is 3.30. The van der Waals surface area contributed by atoms with Gasteiger partial charge in [0, 0.05) is 14.2 Å². The van der Waals surface area contributed by atoms with Crippen LogP contribution in [-0.4, -0.2) is 20.5 Å². The zero-order valence-electron chi connectivity index (χ0n) is 4.67. The summed E-state index contributed by atoms with van der Waals surface area (Å²) < 4.78 is 9.71. The Morgan fingerprint density at radius 1 is 1.29 bits per heavy atom.